The molecule has 3 aromatic heterocycles. The molecule has 176 valence electrons. The van der Waals surface area contributed by atoms with Crippen molar-refractivity contribution >= 4 is 33.3 Å². The summed E-state index contributed by atoms with van der Waals surface area (Å²) in [7, 11) is 0. The van der Waals surface area contributed by atoms with Gasteiger partial charge in [-0.05, 0) is 57.6 Å². The highest BCUT2D eigenvalue weighted by atomic mass is 32.1. The van der Waals surface area contributed by atoms with Crippen molar-refractivity contribution in [1.82, 2.24) is 19.9 Å². The quantitative estimate of drug-likeness (QED) is 0.331. The lowest BCUT2D eigenvalue weighted by molar-refractivity contribution is 0.229. The molecule has 8 heteroatoms. The van der Waals surface area contributed by atoms with Crippen LogP contribution in [-0.4, -0.2) is 37.7 Å². The summed E-state index contributed by atoms with van der Waals surface area (Å²) >= 11 is 1.63. The van der Waals surface area contributed by atoms with Gasteiger partial charge in [-0.1, -0.05) is 30.3 Å². The summed E-state index contributed by atoms with van der Waals surface area (Å²) in [5, 5.41) is 17.7. The zero-order valence-corrected chi connectivity index (χ0v) is 20.6. The Morgan fingerprint density at radius 2 is 1.91 bits per heavy atom. The highest BCUT2D eigenvalue weighted by Crippen LogP contribution is 2.38. The van der Waals surface area contributed by atoms with Crippen molar-refractivity contribution < 1.29 is 5.11 Å². The number of thiazole rings is 1. The molecule has 1 saturated carbocycles. The molecule has 1 unspecified atom stereocenters. The largest absolute Gasteiger partial charge is 0.396 e. The van der Waals surface area contributed by atoms with Gasteiger partial charge in [0, 0.05) is 18.8 Å². The molecule has 3 N–H and O–H groups in total. The predicted molar refractivity (Wildman–Crippen MR) is 138 cm³/mol. The number of hydrogen-bond donors (Lipinski definition) is 3. The third-order valence-corrected chi connectivity index (χ3v) is 7.61. The van der Waals surface area contributed by atoms with Gasteiger partial charge >= 0.3 is 0 Å². The van der Waals surface area contributed by atoms with Crippen LogP contribution in [0.3, 0.4) is 0 Å². The molecule has 34 heavy (non-hydrogen) atoms. The number of pyridine rings is 1. The number of aliphatic hydroxyl groups excluding tert-OH is 1. The number of rotatable bonds is 7. The van der Waals surface area contributed by atoms with Crippen molar-refractivity contribution in [2.24, 2.45) is 5.92 Å². The van der Waals surface area contributed by atoms with Crippen LogP contribution in [0.5, 0.6) is 0 Å². The zero-order valence-electron chi connectivity index (χ0n) is 19.7. The lowest BCUT2D eigenvalue weighted by atomic mass is 9.94. The fourth-order valence-corrected chi connectivity index (χ4v) is 5.68. The fourth-order valence-electron chi connectivity index (χ4n) is 4.65. The molecule has 0 radical (unpaired) electrons. The first-order valence-corrected chi connectivity index (χ1v) is 12.6. The minimum absolute atomic E-state index is 0.233. The molecule has 2 atom stereocenters. The van der Waals surface area contributed by atoms with Gasteiger partial charge in [-0.25, -0.2) is 9.97 Å². The predicted octanol–water partition coefficient (Wildman–Crippen LogP) is 5.38. The van der Waals surface area contributed by atoms with E-state index < -0.39 is 0 Å². The Morgan fingerprint density at radius 3 is 2.65 bits per heavy atom. The van der Waals surface area contributed by atoms with E-state index in [2.05, 4.69) is 41.6 Å². The van der Waals surface area contributed by atoms with Gasteiger partial charge < -0.3 is 15.7 Å². The van der Waals surface area contributed by atoms with E-state index in [1.54, 1.807) is 23.7 Å². The molecular formula is C26H30N6OS. The molecule has 1 aliphatic rings. The highest BCUT2D eigenvalue weighted by Gasteiger charge is 2.28. The third kappa shape index (κ3) is 4.60. The number of aromatic nitrogens is 4. The fraction of sp³-hybridized carbons (Fsp3) is 0.385. The standard InChI is InChI=1S/C26H30N6OS/c1-16-22(24-30-20-14-27-12-11-21(20)34-24)23(29-19-10-9-17(13-19)15-33)31-25(28-16)32-26(2,3)18-7-5-4-6-8-18/h4-8,11-12,14,17,19,33H,9-10,13,15H2,1-3H3,(H2,28,29,31,32)/t17?,19-/m0/s1. The summed E-state index contributed by atoms with van der Waals surface area (Å²) < 4.78 is 1.09. The average Bonchev–Trinajstić information content (AvgIpc) is 3.45. The lowest BCUT2D eigenvalue weighted by Gasteiger charge is -2.28. The van der Waals surface area contributed by atoms with E-state index in [-0.39, 0.29) is 18.2 Å². The number of fused-ring (bicyclic) bond motifs is 1. The molecule has 1 fully saturated rings. The lowest BCUT2D eigenvalue weighted by Crippen LogP contribution is -2.29. The van der Waals surface area contributed by atoms with Crippen molar-refractivity contribution in [2.75, 3.05) is 17.2 Å². The molecule has 1 aliphatic carbocycles. The van der Waals surface area contributed by atoms with Gasteiger partial charge in [-0.3, -0.25) is 4.98 Å². The van der Waals surface area contributed by atoms with Crippen LogP contribution in [0, 0.1) is 12.8 Å². The smallest absolute Gasteiger partial charge is 0.225 e. The van der Waals surface area contributed by atoms with Gasteiger partial charge in [-0.2, -0.15) is 4.98 Å². The van der Waals surface area contributed by atoms with Gasteiger partial charge in [0.1, 0.15) is 16.3 Å². The maximum absolute atomic E-state index is 9.61. The minimum Gasteiger partial charge on any atom is -0.396 e. The van der Waals surface area contributed by atoms with Crippen LogP contribution in [0.25, 0.3) is 20.8 Å². The first-order valence-electron chi connectivity index (χ1n) is 11.7. The van der Waals surface area contributed by atoms with Crippen LogP contribution in [-0.2, 0) is 5.54 Å². The van der Waals surface area contributed by atoms with E-state index in [4.69, 9.17) is 15.0 Å². The van der Waals surface area contributed by atoms with Crippen molar-refractivity contribution in [3.63, 3.8) is 0 Å². The zero-order chi connectivity index (χ0) is 23.7. The van der Waals surface area contributed by atoms with E-state index in [0.29, 0.717) is 11.9 Å². The first-order chi connectivity index (χ1) is 16.4. The molecule has 1 aromatic carbocycles. The summed E-state index contributed by atoms with van der Waals surface area (Å²) in [6.45, 7) is 6.51. The molecule has 0 bridgehead atoms. The number of benzene rings is 1. The van der Waals surface area contributed by atoms with E-state index >= 15 is 0 Å². The minimum atomic E-state index is -0.344. The maximum Gasteiger partial charge on any atom is 0.225 e. The maximum atomic E-state index is 9.61. The second-order valence-electron chi connectivity index (χ2n) is 9.54. The number of anilines is 2. The van der Waals surface area contributed by atoms with Crippen molar-refractivity contribution in [3.05, 3.63) is 60.0 Å². The van der Waals surface area contributed by atoms with Gasteiger partial charge in [0.25, 0.3) is 0 Å². The van der Waals surface area contributed by atoms with Crippen LogP contribution in [0.15, 0.2) is 48.8 Å². The van der Waals surface area contributed by atoms with Crippen molar-refractivity contribution in [3.8, 4) is 10.6 Å². The van der Waals surface area contributed by atoms with Crippen LogP contribution in [0.4, 0.5) is 11.8 Å². The topological polar surface area (TPSA) is 95.9 Å². The van der Waals surface area contributed by atoms with E-state index in [9.17, 15) is 5.11 Å². The number of hydrogen-bond acceptors (Lipinski definition) is 8. The van der Waals surface area contributed by atoms with Crippen LogP contribution in [0.1, 0.15) is 44.4 Å². The first kappa shape index (κ1) is 22.7. The van der Waals surface area contributed by atoms with Crippen molar-refractivity contribution in [2.45, 2.75) is 51.6 Å². The summed E-state index contributed by atoms with van der Waals surface area (Å²) in [5.74, 6) is 1.71. The molecule has 5 rings (SSSR count). The second-order valence-corrected chi connectivity index (χ2v) is 10.6. The van der Waals surface area contributed by atoms with E-state index in [0.717, 1.165) is 57.1 Å². The number of aliphatic hydroxyl groups is 1. The normalized spacial score (nSPS) is 18.4. The summed E-state index contributed by atoms with van der Waals surface area (Å²) in [6.07, 6.45) is 6.54. The van der Waals surface area contributed by atoms with Gasteiger partial charge in [-0.15, -0.1) is 11.3 Å². The van der Waals surface area contributed by atoms with Crippen LogP contribution < -0.4 is 10.6 Å². The van der Waals surface area contributed by atoms with Gasteiger partial charge in [0.05, 0.1) is 27.7 Å². The third-order valence-electron chi connectivity index (χ3n) is 6.55. The molecule has 0 aliphatic heterocycles. The Hall–Kier alpha value is -3.10. The Balaban J connectivity index is 1.54. The number of aryl methyl sites for hydroxylation is 1. The monoisotopic (exact) mass is 474 g/mol. The summed E-state index contributed by atoms with van der Waals surface area (Å²) in [4.78, 5) is 18.9. The Labute approximate surface area is 203 Å². The molecular weight excluding hydrogens is 444 g/mol. The molecule has 0 saturated heterocycles. The SMILES string of the molecule is Cc1nc(NC(C)(C)c2ccccc2)nc(N[C@H]2CCC(CO)C2)c1-c1nc2cnccc2s1. The second kappa shape index (κ2) is 9.27. The molecule has 0 amide bonds. The highest BCUT2D eigenvalue weighted by molar-refractivity contribution is 7.21. The molecule has 7 nitrogen and oxygen atoms in total. The molecule has 3 heterocycles. The molecule has 0 spiro atoms. The summed E-state index contributed by atoms with van der Waals surface area (Å²) in [5.41, 5.74) is 3.49. The average molecular weight is 475 g/mol. The number of nitrogens with zero attached hydrogens (tertiary/aromatic N) is 4. The number of nitrogens with one attached hydrogen (secondary N) is 2. The Morgan fingerprint density at radius 1 is 1.09 bits per heavy atom. The van der Waals surface area contributed by atoms with E-state index in [1.807, 2.05) is 31.2 Å². The Kier molecular flexibility index (Phi) is 6.18. The van der Waals surface area contributed by atoms with Crippen LogP contribution in [0.2, 0.25) is 0 Å². The van der Waals surface area contributed by atoms with Crippen LogP contribution >= 0.6 is 11.3 Å². The van der Waals surface area contributed by atoms with Gasteiger partial charge in [0.2, 0.25) is 5.95 Å². The van der Waals surface area contributed by atoms with Crippen molar-refractivity contribution in [1.29, 1.82) is 0 Å². The molecule has 4 aromatic rings. The Bertz CT molecular complexity index is 1260. The summed E-state index contributed by atoms with van der Waals surface area (Å²) in [6, 6.07) is 12.6. The van der Waals surface area contributed by atoms with Gasteiger partial charge in [0.15, 0.2) is 0 Å². The van der Waals surface area contributed by atoms with E-state index in [1.165, 1.54) is 0 Å².